The van der Waals surface area contributed by atoms with E-state index in [2.05, 4.69) is 35.9 Å². The molecule has 9 nitrogen and oxygen atoms in total. The molecule has 166 valence electrons. The molecule has 1 unspecified atom stereocenters. The monoisotopic (exact) mass is 432 g/mol. The number of carbonyl (C=O) groups is 1. The van der Waals surface area contributed by atoms with Gasteiger partial charge in [0.1, 0.15) is 23.7 Å². The lowest BCUT2D eigenvalue weighted by molar-refractivity contribution is 0.0996. The normalized spacial score (nSPS) is 18.2. The SMILES string of the molecule is CC1CCCN1c1cc2c(c(CN)n1)CN(c1cccc(-c3nncn3C(C)C)n1)C2=O. The largest absolute Gasteiger partial charge is 0.354 e. The van der Waals surface area contributed by atoms with E-state index >= 15 is 0 Å². The maximum atomic E-state index is 13.5. The number of hydrogen-bond acceptors (Lipinski definition) is 7. The molecule has 3 aromatic heterocycles. The lowest BCUT2D eigenvalue weighted by Crippen LogP contribution is -2.28. The van der Waals surface area contributed by atoms with Gasteiger partial charge in [0.15, 0.2) is 5.82 Å². The van der Waals surface area contributed by atoms with Crippen LogP contribution in [-0.2, 0) is 13.1 Å². The highest BCUT2D eigenvalue weighted by Crippen LogP contribution is 2.34. The summed E-state index contributed by atoms with van der Waals surface area (Å²) in [5.41, 5.74) is 9.07. The number of amides is 1. The molecule has 0 aliphatic carbocycles. The Bertz CT molecular complexity index is 1170. The molecule has 5 rings (SSSR count). The van der Waals surface area contributed by atoms with E-state index in [4.69, 9.17) is 15.7 Å². The molecular formula is C23H28N8O. The van der Waals surface area contributed by atoms with Crippen molar-refractivity contribution >= 4 is 17.5 Å². The van der Waals surface area contributed by atoms with E-state index in [0.29, 0.717) is 42.0 Å². The molecule has 2 aliphatic rings. The molecular weight excluding hydrogens is 404 g/mol. The van der Waals surface area contributed by atoms with Gasteiger partial charge in [-0.1, -0.05) is 6.07 Å². The Morgan fingerprint density at radius 3 is 2.78 bits per heavy atom. The van der Waals surface area contributed by atoms with Crippen molar-refractivity contribution in [3.05, 3.63) is 47.4 Å². The van der Waals surface area contributed by atoms with Crippen LogP contribution in [0.25, 0.3) is 11.5 Å². The summed E-state index contributed by atoms with van der Waals surface area (Å²) in [6, 6.07) is 8.18. The van der Waals surface area contributed by atoms with Gasteiger partial charge in [0.2, 0.25) is 0 Å². The fourth-order valence-corrected chi connectivity index (χ4v) is 4.63. The molecule has 0 spiro atoms. The fourth-order valence-electron chi connectivity index (χ4n) is 4.63. The highest BCUT2D eigenvalue weighted by molar-refractivity contribution is 6.10. The summed E-state index contributed by atoms with van der Waals surface area (Å²) in [7, 11) is 0. The predicted molar refractivity (Wildman–Crippen MR) is 122 cm³/mol. The van der Waals surface area contributed by atoms with Crippen LogP contribution in [0, 0.1) is 0 Å². The summed E-state index contributed by atoms with van der Waals surface area (Å²) >= 11 is 0. The van der Waals surface area contributed by atoms with Gasteiger partial charge in [-0.25, -0.2) is 9.97 Å². The number of fused-ring (bicyclic) bond motifs is 1. The van der Waals surface area contributed by atoms with E-state index in [0.717, 1.165) is 36.5 Å². The molecule has 1 amide bonds. The summed E-state index contributed by atoms with van der Waals surface area (Å²) in [5, 5.41) is 8.28. The fraction of sp³-hybridized carbons (Fsp3) is 0.435. The molecule has 2 N–H and O–H groups in total. The number of nitrogens with two attached hydrogens (primary N) is 1. The van der Waals surface area contributed by atoms with E-state index in [-0.39, 0.29) is 11.9 Å². The van der Waals surface area contributed by atoms with Crippen molar-refractivity contribution in [2.45, 2.75) is 58.8 Å². The average Bonchev–Trinajstić information content (AvgIpc) is 3.52. The van der Waals surface area contributed by atoms with Gasteiger partial charge in [-0.2, -0.15) is 0 Å². The van der Waals surface area contributed by atoms with E-state index < -0.39 is 0 Å². The summed E-state index contributed by atoms with van der Waals surface area (Å²) in [6.45, 7) is 7.99. The summed E-state index contributed by atoms with van der Waals surface area (Å²) in [6.07, 6.45) is 3.97. The maximum absolute atomic E-state index is 13.5. The summed E-state index contributed by atoms with van der Waals surface area (Å²) in [5.74, 6) is 2.04. The summed E-state index contributed by atoms with van der Waals surface area (Å²) < 4.78 is 1.96. The van der Waals surface area contributed by atoms with Crippen LogP contribution in [-0.4, -0.2) is 43.2 Å². The van der Waals surface area contributed by atoms with Crippen molar-refractivity contribution < 1.29 is 4.79 Å². The van der Waals surface area contributed by atoms with Gasteiger partial charge in [-0.15, -0.1) is 10.2 Å². The molecule has 1 atom stereocenters. The number of rotatable bonds is 5. The Morgan fingerprint density at radius 1 is 1.22 bits per heavy atom. The van der Waals surface area contributed by atoms with Crippen molar-refractivity contribution in [3.63, 3.8) is 0 Å². The first-order valence-electron chi connectivity index (χ1n) is 11.2. The van der Waals surface area contributed by atoms with Gasteiger partial charge in [0, 0.05) is 30.7 Å². The van der Waals surface area contributed by atoms with E-state index in [1.807, 2.05) is 28.8 Å². The van der Waals surface area contributed by atoms with Gasteiger partial charge in [0.05, 0.1) is 17.8 Å². The Hall–Kier alpha value is -3.33. The predicted octanol–water partition coefficient (Wildman–Crippen LogP) is 2.92. The Balaban J connectivity index is 1.51. The molecule has 9 heteroatoms. The van der Waals surface area contributed by atoms with Crippen LogP contribution < -0.4 is 15.5 Å². The molecule has 0 radical (unpaired) electrons. The smallest absolute Gasteiger partial charge is 0.260 e. The molecule has 32 heavy (non-hydrogen) atoms. The number of nitrogens with zero attached hydrogens (tertiary/aromatic N) is 7. The van der Waals surface area contributed by atoms with Crippen LogP contribution in [0.4, 0.5) is 11.6 Å². The third kappa shape index (κ3) is 3.33. The Morgan fingerprint density at radius 2 is 2.06 bits per heavy atom. The molecule has 1 fully saturated rings. The first-order valence-corrected chi connectivity index (χ1v) is 11.2. The van der Waals surface area contributed by atoms with Crippen LogP contribution in [0.15, 0.2) is 30.6 Å². The van der Waals surface area contributed by atoms with E-state index in [1.165, 1.54) is 0 Å². The van der Waals surface area contributed by atoms with Gasteiger partial charge in [-0.05, 0) is 51.8 Å². The number of pyridine rings is 2. The standard InChI is InChI=1S/C23H28N8O/c1-14(2)31-13-25-28-22(31)18-7-4-8-20(26-18)30-12-17-16(23(30)32)10-21(27-19(17)11-24)29-9-5-6-15(29)3/h4,7-8,10,13-15H,5-6,9,11-12,24H2,1-3H3. The van der Waals surface area contributed by atoms with Crippen molar-refractivity contribution in [2.24, 2.45) is 5.73 Å². The average molecular weight is 433 g/mol. The second kappa shape index (κ2) is 7.98. The number of carbonyl (C=O) groups excluding carboxylic acids is 1. The zero-order chi connectivity index (χ0) is 22.4. The lowest BCUT2D eigenvalue weighted by Gasteiger charge is -2.23. The molecule has 2 aliphatic heterocycles. The third-order valence-electron chi connectivity index (χ3n) is 6.40. The van der Waals surface area contributed by atoms with Gasteiger partial charge in [-0.3, -0.25) is 9.69 Å². The topological polar surface area (TPSA) is 106 Å². The van der Waals surface area contributed by atoms with Crippen molar-refractivity contribution in [2.75, 3.05) is 16.3 Å². The lowest BCUT2D eigenvalue weighted by atomic mass is 10.1. The zero-order valence-electron chi connectivity index (χ0n) is 18.7. The molecule has 3 aromatic rings. The number of anilines is 2. The molecule has 5 heterocycles. The van der Waals surface area contributed by atoms with E-state index in [1.54, 1.807) is 11.2 Å². The van der Waals surface area contributed by atoms with Gasteiger partial charge in [0.25, 0.3) is 5.91 Å². The highest BCUT2D eigenvalue weighted by atomic mass is 16.2. The minimum Gasteiger partial charge on any atom is -0.354 e. The van der Waals surface area contributed by atoms with Crippen molar-refractivity contribution in [1.29, 1.82) is 0 Å². The molecule has 0 aromatic carbocycles. The Labute approximate surface area is 187 Å². The van der Waals surface area contributed by atoms with Crippen molar-refractivity contribution in [1.82, 2.24) is 24.7 Å². The highest BCUT2D eigenvalue weighted by Gasteiger charge is 2.34. The minimum atomic E-state index is -0.0693. The molecule has 1 saturated heterocycles. The number of aromatic nitrogens is 5. The van der Waals surface area contributed by atoms with Gasteiger partial charge >= 0.3 is 0 Å². The van der Waals surface area contributed by atoms with Crippen LogP contribution in [0.5, 0.6) is 0 Å². The number of hydrogen-bond donors (Lipinski definition) is 1. The maximum Gasteiger partial charge on any atom is 0.260 e. The van der Waals surface area contributed by atoms with E-state index in [9.17, 15) is 4.79 Å². The molecule has 0 saturated carbocycles. The van der Waals surface area contributed by atoms with Crippen LogP contribution in [0.1, 0.15) is 61.3 Å². The first kappa shape index (κ1) is 20.6. The molecule has 0 bridgehead atoms. The Kier molecular flexibility index (Phi) is 5.13. The third-order valence-corrected chi connectivity index (χ3v) is 6.40. The second-order valence-corrected chi connectivity index (χ2v) is 8.77. The first-order chi connectivity index (χ1) is 15.5. The van der Waals surface area contributed by atoms with Gasteiger partial charge < -0.3 is 15.2 Å². The van der Waals surface area contributed by atoms with Crippen LogP contribution in [0.3, 0.4) is 0 Å². The minimum absolute atomic E-state index is 0.0693. The van der Waals surface area contributed by atoms with Crippen LogP contribution in [0.2, 0.25) is 0 Å². The van der Waals surface area contributed by atoms with Crippen molar-refractivity contribution in [3.8, 4) is 11.5 Å². The zero-order valence-corrected chi connectivity index (χ0v) is 18.7. The summed E-state index contributed by atoms with van der Waals surface area (Å²) in [4.78, 5) is 27.0. The quantitative estimate of drug-likeness (QED) is 0.661. The van der Waals surface area contributed by atoms with Crippen LogP contribution >= 0.6 is 0 Å². The second-order valence-electron chi connectivity index (χ2n) is 8.77.